The fourth-order valence-corrected chi connectivity index (χ4v) is 6.60. The number of carbonyl (C=O) groups excluding carboxylic acids is 2. The van der Waals surface area contributed by atoms with E-state index in [4.69, 9.17) is 18.9 Å². The molecule has 46 heavy (non-hydrogen) atoms. The number of nitrogens with zero attached hydrogens (tertiary/aromatic N) is 2. The van der Waals surface area contributed by atoms with Crippen LogP contribution >= 0.6 is 0 Å². The van der Waals surface area contributed by atoms with Crippen LogP contribution in [-0.2, 0) is 36.7 Å². The molecule has 3 aromatic rings. The van der Waals surface area contributed by atoms with Gasteiger partial charge in [0.25, 0.3) is 0 Å². The second-order valence-electron chi connectivity index (χ2n) is 12.4. The van der Waals surface area contributed by atoms with Gasteiger partial charge in [0.1, 0.15) is 6.10 Å². The number of benzene rings is 3. The molecule has 5 rings (SSSR count). The number of fused-ring (bicyclic) bond motifs is 1. The van der Waals surface area contributed by atoms with Gasteiger partial charge in [-0.1, -0.05) is 72.8 Å². The minimum Gasteiger partial charge on any atom is -0.446 e. The van der Waals surface area contributed by atoms with Crippen molar-refractivity contribution in [2.45, 2.75) is 44.6 Å². The van der Waals surface area contributed by atoms with E-state index in [0.717, 1.165) is 55.7 Å². The van der Waals surface area contributed by atoms with Crippen LogP contribution in [0.5, 0.6) is 0 Å². The summed E-state index contributed by atoms with van der Waals surface area (Å²) in [5.74, 6) is 1.11. The zero-order valence-electron chi connectivity index (χ0n) is 27.2. The summed E-state index contributed by atoms with van der Waals surface area (Å²) in [6, 6.07) is 26.6. The van der Waals surface area contributed by atoms with Gasteiger partial charge in [-0.25, -0.2) is 4.79 Å². The molecule has 1 saturated heterocycles. The summed E-state index contributed by atoms with van der Waals surface area (Å²) in [5.41, 5.74) is 5.32. The van der Waals surface area contributed by atoms with E-state index in [1.165, 1.54) is 11.1 Å². The van der Waals surface area contributed by atoms with Crippen LogP contribution in [0.4, 0.5) is 10.5 Å². The monoisotopic (exact) mass is 631 g/mol. The zero-order chi connectivity index (χ0) is 32.3. The number of amides is 2. The zero-order valence-corrected chi connectivity index (χ0v) is 27.2. The van der Waals surface area contributed by atoms with Crippen molar-refractivity contribution in [1.82, 2.24) is 9.80 Å². The van der Waals surface area contributed by atoms with E-state index in [-0.39, 0.29) is 19.5 Å². The molecule has 1 N–H and O–H groups in total. The summed E-state index contributed by atoms with van der Waals surface area (Å²) in [6.07, 6.45) is 2.12. The molecule has 248 valence electrons. The highest BCUT2D eigenvalue weighted by Crippen LogP contribution is 2.40. The minimum absolute atomic E-state index is 0. The Balaban J connectivity index is 0.00000500. The van der Waals surface area contributed by atoms with Gasteiger partial charge in [0.2, 0.25) is 5.91 Å². The number of methoxy groups -OCH3 is 2. The van der Waals surface area contributed by atoms with Gasteiger partial charge in [0.05, 0.1) is 31.9 Å². The molecular weight excluding hydrogens is 582 g/mol. The van der Waals surface area contributed by atoms with E-state index in [0.29, 0.717) is 38.0 Å². The lowest BCUT2D eigenvalue weighted by Gasteiger charge is -2.22. The SMILES string of the molecule is COC(CN(C)C(=O)CCOCCc1ccc(CN2CC3CC(OC(=O)Nc4ccccc4-c4ccccc4)CC3C2)cc1)OC.[HH]. The number of likely N-dealkylation sites (N-methyl/N-ethyl adjacent to an activating group) is 1. The molecule has 9 heteroatoms. The van der Waals surface area contributed by atoms with Crippen LogP contribution in [0.25, 0.3) is 11.1 Å². The smallest absolute Gasteiger partial charge is 0.411 e. The molecule has 1 heterocycles. The first-order chi connectivity index (χ1) is 22.4. The largest absolute Gasteiger partial charge is 0.446 e. The van der Waals surface area contributed by atoms with Gasteiger partial charge < -0.3 is 23.8 Å². The Kier molecular flexibility index (Phi) is 12.2. The highest BCUT2D eigenvalue weighted by Gasteiger charge is 2.42. The number of anilines is 1. The van der Waals surface area contributed by atoms with E-state index in [1.807, 2.05) is 54.6 Å². The van der Waals surface area contributed by atoms with E-state index in [2.05, 4.69) is 34.5 Å². The van der Waals surface area contributed by atoms with E-state index in [9.17, 15) is 9.59 Å². The topological polar surface area (TPSA) is 89.6 Å². The molecule has 2 aliphatic rings. The van der Waals surface area contributed by atoms with Crippen molar-refractivity contribution in [2.75, 3.05) is 59.4 Å². The maximum Gasteiger partial charge on any atom is 0.411 e. The molecule has 1 aliphatic carbocycles. The lowest BCUT2D eigenvalue weighted by atomic mass is 10.0. The van der Waals surface area contributed by atoms with Crippen molar-refractivity contribution in [1.29, 1.82) is 0 Å². The van der Waals surface area contributed by atoms with Gasteiger partial charge in [-0.2, -0.15) is 0 Å². The van der Waals surface area contributed by atoms with Crippen LogP contribution in [0.3, 0.4) is 0 Å². The van der Waals surface area contributed by atoms with Crippen molar-refractivity contribution >= 4 is 17.7 Å². The third-order valence-corrected chi connectivity index (χ3v) is 9.10. The maximum atomic E-state index is 12.8. The summed E-state index contributed by atoms with van der Waals surface area (Å²) in [4.78, 5) is 29.2. The predicted octanol–water partition coefficient (Wildman–Crippen LogP) is 6.09. The summed E-state index contributed by atoms with van der Waals surface area (Å²) in [6.45, 7) is 4.34. The fraction of sp³-hybridized carbons (Fsp3) is 0.459. The highest BCUT2D eigenvalue weighted by molar-refractivity contribution is 5.91. The Bertz CT molecular complexity index is 1390. The molecule has 2 unspecified atom stereocenters. The Morgan fingerprint density at radius 1 is 0.891 bits per heavy atom. The first kappa shape index (κ1) is 33.6. The Labute approximate surface area is 274 Å². The molecule has 0 radical (unpaired) electrons. The van der Waals surface area contributed by atoms with Crippen molar-refractivity contribution < 1.29 is 30.0 Å². The molecule has 1 saturated carbocycles. The van der Waals surface area contributed by atoms with Crippen molar-refractivity contribution in [3.05, 3.63) is 90.0 Å². The van der Waals surface area contributed by atoms with Gasteiger partial charge in [-0.15, -0.1) is 0 Å². The molecule has 2 atom stereocenters. The third-order valence-electron chi connectivity index (χ3n) is 9.10. The summed E-state index contributed by atoms with van der Waals surface area (Å²) >= 11 is 0. The quantitative estimate of drug-likeness (QED) is 0.161. The molecule has 0 spiro atoms. The molecule has 3 aromatic carbocycles. The van der Waals surface area contributed by atoms with Gasteiger partial charge in [-0.05, 0) is 53.9 Å². The number of rotatable bonds is 15. The molecule has 2 fully saturated rings. The van der Waals surface area contributed by atoms with Crippen LogP contribution in [0.15, 0.2) is 78.9 Å². The van der Waals surface area contributed by atoms with E-state index < -0.39 is 6.29 Å². The van der Waals surface area contributed by atoms with Gasteiger partial charge >= 0.3 is 6.09 Å². The number of ether oxygens (including phenoxy) is 4. The number of hydrogen-bond acceptors (Lipinski definition) is 7. The first-order valence-electron chi connectivity index (χ1n) is 16.2. The van der Waals surface area contributed by atoms with Gasteiger partial charge in [0.15, 0.2) is 6.29 Å². The summed E-state index contributed by atoms with van der Waals surface area (Å²) < 4.78 is 21.9. The lowest BCUT2D eigenvalue weighted by molar-refractivity contribution is -0.143. The maximum absolute atomic E-state index is 12.8. The third kappa shape index (κ3) is 9.39. The Morgan fingerprint density at radius 3 is 2.24 bits per heavy atom. The van der Waals surface area contributed by atoms with Crippen LogP contribution in [-0.4, -0.2) is 88.3 Å². The lowest BCUT2D eigenvalue weighted by Crippen LogP contribution is -2.36. The molecule has 0 aromatic heterocycles. The molecular formula is C37H49N3O6. The summed E-state index contributed by atoms with van der Waals surface area (Å²) in [7, 11) is 4.86. The Hall–Kier alpha value is -3.76. The van der Waals surface area contributed by atoms with Gasteiger partial charge in [0, 0.05) is 47.9 Å². The average molecular weight is 632 g/mol. The van der Waals surface area contributed by atoms with Gasteiger partial charge in [-0.3, -0.25) is 15.0 Å². The first-order valence-corrected chi connectivity index (χ1v) is 16.2. The van der Waals surface area contributed by atoms with Crippen LogP contribution in [0.1, 0.15) is 31.8 Å². The second-order valence-corrected chi connectivity index (χ2v) is 12.4. The predicted molar refractivity (Wildman–Crippen MR) is 180 cm³/mol. The molecule has 9 nitrogen and oxygen atoms in total. The van der Waals surface area contributed by atoms with Crippen molar-refractivity contribution in [3.8, 4) is 11.1 Å². The molecule has 2 amide bonds. The number of para-hydroxylation sites is 1. The van der Waals surface area contributed by atoms with Crippen LogP contribution in [0.2, 0.25) is 0 Å². The number of likely N-dealkylation sites (tertiary alicyclic amines) is 1. The van der Waals surface area contributed by atoms with Crippen LogP contribution in [0, 0.1) is 11.8 Å². The standard InChI is InChI=1S/C37H47N3O6.H2/c1-39(26-36(43-2)44-3)35(41)18-20-45-19-17-27-13-15-28(16-14-27)23-40-24-30-21-32(22-31(30)25-40)46-37(42)38-34-12-8-7-11-33(34)29-9-5-4-6-10-29;/h4-16,30-32,36H,17-26H2,1-3H3,(H,38,42);1H. The minimum atomic E-state index is -0.426. The highest BCUT2D eigenvalue weighted by atomic mass is 16.7. The summed E-state index contributed by atoms with van der Waals surface area (Å²) in [5, 5.41) is 2.98. The van der Waals surface area contributed by atoms with E-state index in [1.54, 1.807) is 26.2 Å². The normalized spacial score (nSPS) is 19.3. The number of carbonyl (C=O) groups is 2. The van der Waals surface area contributed by atoms with Crippen molar-refractivity contribution in [2.24, 2.45) is 11.8 Å². The molecule has 1 aliphatic heterocycles. The fourth-order valence-electron chi connectivity index (χ4n) is 6.60. The second kappa shape index (κ2) is 16.7. The number of nitrogens with one attached hydrogen (secondary N) is 1. The van der Waals surface area contributed by atoms with Crippen molar-refractivity contribution in [3.63, 3.8) is 0 Å². The molecule has 0 bridgehead atoms. The average Bonchev–Trinajstić information content (AvgIpc) is 3.62. The Morgan fingerprint density at radius 2 is 1.54 bits per heavy atom. The van der Waals surface area contributed by atoms with Crippen LogP contribution < -0.4 is 5.32 Å². The number of hydrogen-bond donors (Lipinski definition) is 1. The van der Waals surface area contributed by atoms with E-state index >= 15 is 0 Å².